The number of anilines is 1. The van der Waals surface area contributed by atoms with Crippen molar-refractivity contribution < 1.29 is 13.2 Å². The van der Waals surface area contributed by atoms with Crippen LogP contribution in [0.1, 0.15) is 18.1 Å². The number of alkyl halides is 3. The highest BCUT2D eigenvalue weighted by Gasteiger charge is 2.30. The van der Waals surface area contributed by atoms with Gasteiger partial charge in [-0.3, -0.25) is 9.78 Å². The van der Waals surface area contributed by atoms with E-state index in [4.69, 9.17) is 0 Å². The minimum atomic E-state index is -4.40. The van der Waals surface area contributed by atoms with Crippen molar-refractivity contribution in [3.63, 3.8) is 0 Å². The van der Waals surface area contributed by atoms with E-state index >= 15 is 0 Å². The lowest BCUT2D eigenvalue weighted by Gasteiger charge is -2.12. The van der Waals surface area contributed by atoms with Gasteiger partial charge in [0.25, 0.3) is 5.56 Å². The maximum atomic E-state index is 12.8. The lowest BCUT2D eigenvalue weighted by molar-refractivity contribution is -0.137. The molecule has 0 aliphatic rings. The number of halogens is 3. The number of hydrogen-bond donors (Lipinski definition) is 1. The highest BCUT2D eigenvalue weighted by molar-refractivity contribution is 5.75. The second kappa shape index (κ2) is 6.54. The van der Waals surface area contributed by atoms with Crippen LogP contribution in [0.4, 0.5) is 19.0 Å². The maximum absolute atomic E-state index is 12.8. The molecule has 2 aromatic heterocycles. The van der Waals surface area contributed by atoms with E-state index in [1.54, 1.807) is 24.5 Å². The fraction of sp³-hybridized carbons (Fsp3) is 0.235. The number of nitrogens with zero attached hydrogens (tertiary/aromatic N) is 3. The molecule has 3 aromatic rings. The highest BCUT2D eigenvalue weighted by atomic mass is 19.4. The topological polar surface area (TPSA) is 59.8 Å². The van der Waals surface area contributed by atoms with Gasteiger partial charge in [-0.2, -0.15) is 13.2 Å². The predicted octanol–water partition coefficient (Wildman–Crippen LogP) is 3.44. The van der Waals surface area contributed by atoms with Gasteiger partial charge in [0.05, 0.1) is 22.8 Å². The van der Waals surface area contributed by atoms with Crippen molar-refractivity contribution in [1.82, 2.24) is 14.5 Å². The molecule has 1 N–H and O–H groups in total. The third-order valence-corrected chi connectivity index (χ3v) is 3.78. The first-order valence-corrected chi connectivity index (χ1v) is 7.64. The van der Waals surface area contributed by atoms with E-state index in [-0.39, 0.29) is 17.9 Å². The highest BCUT2D eigenvalue weighted by Crippen LogP contribution is 2.29. The smallest absolute Gasteiger partial charge is 0.361 e. The van der Waals surface area contributed by atoms with Gasteiger partial charge in [-0.1, -0.05) is 12.1 Å². The lowest BCUT2D eigenvalue weighted by atomic mass is 10.1. The number of aromatic nitrogens is 3. The second-order valence-electron chi connectivity index (χ2n) is 5.43. The van der Waals surface area contributed by atoms with Crippen molar-refractivity contribution >= 4 is 16.9 Å². The molecule has 0 bridgehead atoms. The third-order valence-electron chi connectivity index (χ3n) is 3.78. The number of pyridine rings is 1. The Bertz CT molecular complexity index is 966. The molecule has 3 rings (SSSR count). The van der Waals surface area contributed by atoms with Crippen molar-refractivity contribution in [3.8, 4) is 0 Å². The zero-order valence-electron chi connectivity index (χ0n) is 13.3. The quantitative estimate of drug-likeness (QED) is 0.785. The molecule has 25 heavy (non-hydrogen) atoms. The zero-order valence-corrected chi connectivity index (χ0v) is 13.3. The Morgan fingerprint density at radius 3 is 2.76 bits per heavy atom. The predicted molar refractivity (Wildman–Crippen MR) is 88.2 cm³/mol. The Hall–Kier alpha value is -2.90. The molecule has 5 nitrogen and oxygen atoms in total. The molecule has 0 radical (unpaired) electrons. The van der Waals surface area contributed by atoms with Gasteiger partial charge in [0.15, 0.2) is 5.82 Å². The van der Waals surface area contributed by atoms with E-state index in [9.17, 15) is 18.0 Å². The summed E-state index contributed by atoms with van der Waals surface area (Å²) in [6.45, 7) is 2.32. The maximum Gasteiger partial charge on any atom is 0.416 e. The molecule has 2 heterocycles. The van der Waals surface area contributed by atoms with Crippen molar-refractivity contribution in [2.24, 2.45) is 0 Å². The zero-order chi connectivity index (χ0) is 18.0. The summed E-state index contributed by atoms with van der Waals surface area (Å²) in [4.78, 5) is 20.7. The van der Waals surface area contributed by atoms with Gasteiger partial charge in [-0.25, -0.2) is 4.98 Å². The first-order chi connectivity index (χ1) is 11.9. The van der Waals surface area contributed by atoms with Crippen LogP contribution < -0.4 is 10.9 Å². The summed E-state index contributed by atoms with van der Waals surface area (Å²) in [7, 11) is 0. The molecule has 0 aliphatic heterocycles. The van der Waals surface area contributed by atoms with Crippen molar-refractivity contribution in [2.75, 3.05) is 5.32 Å². The molecule has 130 valence electrons. The molecule has 0 unspecified atom stereocenters. The second-order valence-corrected chi connectivity index (χ2v) is 5.43. The van der Waals surface area contributed by atoms with Crippen molar-refractivity contribution in [2.45, 2.75) is 26.2 Å². The molecule has 0 fully saturated rings. The molecule has 8 heteroatoms. The molecule has 0 spiro atoms. The van der Waals surface area contributed by atoms with E-state index in [0.717, 1.165) is 12.1 Å². The van der Waals surface area contributed by atoms with Gasteiger partial charge in [0.1, 0.15) is 0 Å². The van der Waals surface area contributed by atoms with E-state index < -0.39 is 11.7 Å². The van der Waals surface area contributed by atoms with Crippen LogP contribution in [-0.4, -0.2) is 14.5 Å². The Morgan fingerprint density at radius 2 is 2.04 bits per heavy atom. The van der Waals surface area contributed by atoms with Crippen LogP contribution in [0.2, 0.25) is 0 Å². The fourth-order valence-electron chi connectivity index (χ4n) is 2.56. The Balaban J connectivity index is 1.92. The molecular weight excluding hydrogens is 333 g/mol. The largest absolute Gasteiger partial charge is 0.416 e. The average molecular weight is 348 g/mol. The van der Waals surface area contributed by atoms with Crippen molar-refractivity contribution in [1.29, 1.82) is 0 Å². The van der Waals surface area contributed by atoms with Gasteiger partial charge in [-0.15, -0.1) is 0 Å². The fourth-order valence-corrected chi connectivity index (χ4v) is 2.56. The van der Waals surface area contributed by atoms with E-state index in [0.29, 0.717) is 23.1 Å². The van der Waals surface area contributed by atoms with Gasteiger partial charge in [0.2, 0.25) is 0 Å². The van der Waals surface area contributed by atoms with Crippen LogP contribution in [0, 0.1) is 0 Å². The SMILES string of the molecule is CCn1c(=O)c(NCc2cccc(C(F)(F)F)c2)nc2ccncc21. The number of hydrogen-bond acceptors (Lipinski definition) is 4. The average Bonchev–Trinajstić information content (AvgIpc) is 2.59. The molecule has 0 aliphatic carbocycles. The van der Waals surface area contributed by atoms with Gasteiger partial charge in [0, 0.05) is 19.3 Å². The number of fused-ring (bicyclic) bond motifs is 1. The lowest BCUT2D eigenvalue weighted by Crippen LogP contribution is -2.25. The summed E-state index contributed by atoms with van der Waals surface area (Å²) in [5.41, 5.74) is 0.543. The Labute approximate surface area is 141 Å². The number of nitrogens with one attached hydrogen (secondary N) is 1. The summed E-state index contributed by atoms with van der Waals surface area (Å²) in [6, 6.07) is 6.64. The first-order valence-electron chi connectivity index (χ1n) is 7.64. The van der Waals surface area contributed by atoms with Crippen LogP contribution in [0.25, 0.3) is 11.0 Å². The van der Waals surface area contributed by atoms with Crippen LogP contribution in [0.15, 0.2) is 47.5 Å². The number of benzene rings is 1. The van der Waals surface area contributed by atoms with Crippen LogP contribution in [0.3, 0.4) is 0 Å². The minimum Gasteiger partial charge on any atom is -0.361 e. The van der Waals surface area contributed by atoms with E-state index in [1.807, 2.05) is 6.92 Å². The minimum absolute atomic E-state index is 0.0620. The summed E-state index contributed by atoms with van der Waals surface area (Å²) in [6.07, 6.45) is -1.28. The summed E-state index contributed by atoms with van der Waals surface area (Å²) in [5.74, 6) is 0.0953. The van der Waals surface area contributed by atoms with E-state index in [1.165, 1.54) is 10.6 Å². The number of rotatable bonds is 4. The summed E-state index contributed by atoms with van der Waals surface area (Å²) in [5, 5.41) is 2.84. The monoisotopic (exact) mass is 348 g/mol. The standard InChI is InChI=1S/C17H15F3N4O/c1-2-24-14-10-21-7-6-13(14)23-15(16(24)25)22-9-11-4-3-5-12(8-11)17(18,19)20/h3-8,10H,2,9H2,1H3,(H,22,23). The first kappa shape index (κ1) is 16.9. The molecule has 1 aromatic carbocycles. The van der Waals surface area contributed by atoms with Gasteiger partial charge in [-0.05, 0) is 30.7 Å². The molecule has 0 atom stereocenters. The van der Waals surface area contributed by atoms with E-state index in [2.05, 4.69) is 15.3 Å². The Morgan fingerprint density at radius 1 is 1.24 bits per heavy atom. The van der Waals surface area contributed by atoms with Gasteiger partial charge < -0.3 is 9.88 Å². The Kier molecular flexibility index (Phi) is 4.43. The van der Waals surface area contributed by atoms with Crippen LogP contribution >= 0.6 is 0 Å². The number of aryl methyl sites for hydroxylation is 1. The third kappa shape index (κ3) is 3.47. The molecule has 0 saturated carbocycles. The van der Waals surface area contributed by atoms with Crippen molar-refractivity contribution in [3.05, 3.63) is 64.2 Å². The van der Waals surface area contributed by atoms with Gasteiger partial charge >= 0.3 is 6.18 Å². The normalized spacial score (nSPS) is 11.7. The summed E-state index contributed by atoms with van der Waals surface area (Å²) >= 11 is 0. The summed E-state index contributed by atoms with van der Waals surface area (Å²) < 4.78 is 39.8. The van der Waals surface area contributed by atoms with Crippen LogP contribution in [0.5, 0.6) is 0 Å². The molecule has 0 saturated heterocycles. The molecular formula is C17H15F3N4O. The molecule has 0 amide bonds. The van der Waals surface area contributed by atoms with Crippen LogP contribution in [-0.2, 0) is 19.3 Å².